The summed E-state index contributed by atoms with van der Waals surface area (Å²) in [5.74, 6) is 0.882. The van der Waals surface area contributed by atoms with E-state index in [1.807, 2.05) is 67.6 Å². The maximum Gasteiger partial charge on any atom is 0.294 e. The van der Waals surface area contributed by atoms with Gasteiger partial charge < -0.3 is 14.6 Å². The first-order valence-corrected chi connectivity index (χ1v) is 9.46. The third-order valence-electron chi connectivity index (χ3n) is 4.79. The van der Waals surface area contributed by atoms with Gasteiger partial charge in [0.25, 0.3) is 5.91 Å². The monoisotopic (exact) mass is 386 g/mol. The summed E-state index contributed by atoms with van der Waals surface area (Å²) in [6.45, 7) is 2.50. The number of anilines is 1. The quantitative estimate of drug-likeness (QED) is 0.540. The van der Waals surface area contributed by atoms with Gasteiger partial charge in [0.15, 0.2) is 5.82 Å². The van der Waals surface area contributed by atoms with E-state index in [-0.39, 0.29) is 5.91 Å². The van der Waals surface area contributed by atoms with Crippen molar-refractivity contribution < 1.29 is 9.53 Å². The molecule has 146 valence electrons. The molecule has 2 aromatic carbocycles. The van der Waals surface area contributed by atoms with Gasteiger partial charge in [0.1, 0.15) is 5.75 Å². The Kier molecular flexibility index (Phi) is 5.24. The number of H-pyrrole nitrogens is 1. The number of methoxy groups -OCH3 is 1. The molecule has 2 aromatic heterocycles. The molecule has 6 nitrogen and oxygen atoms in total. The van der Waals surface area contributed by atoms with Gasteiger partial charge in [-0.3, -0.25) is 9.78 Å². The molecular formula is C23H22N4O2. The molecule has 4 rings (SSSR count). The number of benzene rings is 2. The van der Waals surface area contributed by atoms with Crippen molar-refractivity contribution in [2.45, 2.75) is 13.3 Å². The number of aryl methyl sites for hydroxylation is 1. The first-order valence-electron chi connectivity index (χ1n) is 9.46. The Morgan fingerprint density at radius 2 is 1.93 bits per heavy atom. The van der Waals surface area contributed by atoms with Crippen LogP contribution in [-0.4, -0.2) is 34.5 Å². The topological polar surface area (TPSA) is 71.1 Å². The van der Waals surface area contributed by atoms with Crippen LogP contribution in [0.25, 0.3) is 11.0 Å². The molecule has 1 N–H and O–H groups in total. The number of imidazole rings is 1. The van der Waals surface area contributed by atoms with Crippen molar-refractivity contribution in [2.24, 2.45) is 0 Å². The van der Waals surface area contributed by atoms with Crippen LogP contribution in [0.2, 0.25) is 0 Å². The summed E-state index contributed by atoms with van der Waals surface area (Å²) in [6.07, 6.45) is 2.40. The lowest BCUT2D eigenvalue weighted by Gasteiger charge is -2.22. The first kappa shape index (κ1) is 18.7. The SMILES string of the molecule is COc1ccc(N(CCc2ccccn2)C(=O)c2nc3ccc(C)cc3[nH]2)cc1. The third kappa shape index (κ3) is 4.11. The summed E-state index contributed by atoms with van der Waals surface area (Å²) in [5.41, 5.74) is 4.45. The zero-order valence-electron chi connectivity index (χ0n) is 16.4. The molecule has 0 aliphatic rings. The minimum Gasteiger partial charge on any atom is -0.497 e. The fraction of sp³-hybridized carbons (Fsp3) is 0.174. The van der Waals surface area contributed by atoms with Crippen molar-refractivity contribution in [3.05, 3.63) is 83.9 Å². The Labute approximate surface area is 169 Å². The predicted molar refractivity (Wildman–Crippen MR) is 113 cm³/mol. The average molecular weight is 386 g/mol. The summed E-state index contributed by atoms with van der Waals surface area (Å²) in [6, 6.07) is 19.1. The molecule has 0 aliphatic carbocycles. The minimum absolute atomic E-state index is 0.181. The van der Waals surface area contributed by atoms with E-state index in [9.17, 15) is 4.79 Å². The van der Waals surface area contributed by atoms with Crippen molar-refractivity contribution >= 4 is 22.6 Å². The molecule has 29 heavy (non-hydrogen) atoms. The lowest BCUT2D eigenvalue weighted by atomic mass is 10.2. The summed E-state index contributed by atoms with van der Waals surface area (Å²) >= 11 is 0. The Hall–Kier alpha value is -3.67. The van der Waals surface area contributed by atoms with E-state index >= 15 is 0 Å². The maximum absolute atomic E-state index is 13.4. The van der Waals surface area contributed by atoms with Crippen LogP contribution in [0.3, 0.4) is 0 Å². The molecule has 6 heteroatoms. The first-order chi connectivity index (χ1) is 14.1. The van der Waals surface area contributed by atoms with Gasteiger partial charge in [-0.25, -0.2) is 4.98 Å². The Morgan fingerprint density at radius 1 is 1.10 bits per heavy atom. The molecule has 0 saturated carbocycles. The second-order valence-corrected chi connectivity index (χ2v) is 6.83. The minimum atomic E-state index is -0.181. The molecule has 0 saturated heterocycles. The van der Waals surface area contributed by atoms with Gasteiger partial charge in [-0.15, -0.1) is 0 Å². The Morgan fingerprint density at radius 3 is 2.66 bits per heavy atom. The fourth-order valence-corrected chi connectivity index (χ4v) is 3.24. The third-order valence-corrected chi connectivity index (χ3v) is 4.79. The van der Waals surface area contributed by atoms with E-state index in [2.05, 4.69) is 15.0 Å². The molecule has 0 fully saturated rings. The molecule has 0 spiro atoms. The van der Waals surface area contributed by atoms with Crippen LogP contribution in [0, 0.1) is 6.92 Å². The zero-order chi connectivity index (χ0) is 20.2. The number of hydrogen-bond donors (Lipinski definition) is 1. The van der Waals surface area contributed by atoms with E-state index in [4.69, 9.17) is 4.74 Å². The molecule has 4 aromatic rings. The number of carbonyl (C=O) groups excluding carboxylic acids is 1. The average Bonchev–Trinajstić information content (AvgIpc) is 3.18. The van der Waals surface area contributed by atoms with Gasteiger partial charge in [-0.05, 0) is 61.0 Å². The van der Waals surface area contributed by atoms with E-state index in [1.165, 1.54) is 0 Å². The summed E-state index contributed by atoms with van der Waals surface area (Å²) in [7, 11) is 1.62. The molecule has 0 unspecified atom stereocenters. The van der Waals surface area contributed by atoms with Crippen LogP contribution in [0.1, 0.15) is 21.9 Å². The molecule has 0 aliphatic heterocycles. The number of ether oxygens (including phenoxy) is 1. The number of carbonyl (C=O) groups is 1. The number of pyridine rings is 1. The number of nitrogens with zero attached hydrogens (tertiary/aromatic N) is 3. The summed E-state index contributed by atoms with van der Waals surface area (Å²) < 4.78 is 5.24. The molecular weight excluding hydrogens is 364 g/mol. The van der Waals surface area contributed by atoms with Crippen molar-refractivity contribution in [2.75, 3.05) is 18.6 Å². The number of aromatic amines is 1. The highest BCUT2D eigenvalue weighted by molar-refractivity contribution is 6.05. The van der Waals surface area contributed by atoms with Crippen LogP contribution in [0.15, 0.2) is 66.9 Å². The van der Waals surface area contributed by atoms with E-state index in [0.29, 0.717) is 18.8 Å². The van der Waals surface area contributed by atoms with Crippen LogP contribution >= 0.6 is 0 Å². The van der Waals surface area contributed by atoms with Crippen molar-refractivity contribution in [1.82, 2.24) is 15.0 Å². The van der Waals surface area contributed by atoms with Crippen LogP contribution < -0.4 is 9.64 Å². The van der Waals surface area contributed by atoms with Gasteiger partial charge in [0.05, 0.1) is 18.1 Å². The predicted octanol–water partition coefficient (Wildman–Crippen LogP) is 4.16. The van der Waals surface area contributed by atoms with Crippen LogP contribution in [0.4, 0.5) is 5.69 Å². The normalized spacial score (nSPS) is 10.8. The Bertz CT molecular complexity index is 1120. The van der Waals surface area contributed by atoms with Crippen molar-refractivity contribution in [3.63, 3.8) is 0 Å². The number of hydrogen-bond acceptors (Lipinski definition) is 4. The molecule has 0 bridgehead atoms. The number of rotatable bonds is 6. The lowest BCUT2D eigenvalue weighted by Crippen LogP contribution is -2.33. The van der Waals surface area contributed by atoms with E-state index in [0.717, 1.165) is 33.7 Å². The largest absolute Gasteiger partial charge is 0.497 e. The molecule has 0 atom stereocenters. The number of aromatic nitrogens is 3. The van der Waals surface area contributed by atoms with Gasteiger partial charge in [-0.2, -0.15) is 0 Å². The Balaban J connectivity index is 1.65. The summed E-state index contributed by atoms with van der Waals surface area (Å²) in [5, 5.41) is 0. The van der Waals surface area contributed by atoms with Crippen molar-refractivity contribution in [1.29, 1.82) is 0 Å². The maximum atomic E-state index is 13.4. The van der Waals surface area contributed by atoms with E-state index < -0.39 is 0 Å². The van der Waals surface area contributed by atoms with Crippen LogP contribution in [-0.2, 0) is 6.42 Å². The lowest BCUT2D eigenvalue weighted by molar-refractivity contribution is 0.0978. The highest BCUT2D eigenvalue weighted by atomic mass is 16.5. The standard InChI is InChI=1S/C23H22N4O2/c1-16-6-11-20-21(15-16)26-22(25-20)23(28)27(14-12-17-5-3-4-13-24-17)18-7-9-19(29-2)10-8-18/h3-11,13,15H,12,14H2,1-2H3,(H,25,26). The number of fused-ring (bicyclic) bond motifs is 1. The van der Waals surface area contributed by atoms with Gasteiger partial charge >= 0.3 is 0 Å². The molecule has 0 radical (unpaired) electrons. The second kappa shape index (κ2) is 8.14. The number of amides is 1. The van der Waals surface area contributed by atoms with Gasteiger partial charge in [-0.1, -0.05) is 12.1 Å². The van der Waals surface area contributed by atoms with Crippen LogP contribution in [0.5, 0.6) is 5.75 Å². The van der Waals surface area contributed by atoms with Gasteiger partial charge in [0.2, 0.25) is 0 Å². The zero-order valence-corrected chi connectivity index (χ0v) is 16.4. The van der Waals surface area contributed by atoms with Crippen molar-refractivity contribution in [3.8, 4) is 5.75 Å². The summed E-state index contributed by atoms with van der Waals surface area (Å²) in [4.78, 5) is 27.1. The fourth-order valence-electron chi connectivity index (χ4n) is 3.24. The highest BCUT2D eigenvalue weighted by Crippen LogP contribution is 2.22. The van der Waals surface area contributed by atoms with Gasteiger partial charge in [0, 0.05) is 30.5 Å². The highest BCUT2D eigenvalue weighted by Gasteiger charge is 2.21. The molecule has 2 heterocycles. The van der Waals surface area contributed by atoms with E-state index in [1.54, 1.807) is 18.2 Å². The molecule has 1 amide bonds. The smallest absolute Gasteiger partial charge is 0.294 e. The number of nitrogens with one attached hydrogen (secondary N) is 1. The second-order valence-electron chi connectivity index (χ2n) is 6.83.